The molecule has 1 unspecified atom stereocenters. The maximum absolute atomic E-state index is 10.3. The minimum absolute atomic E-state index is 0.268. The van der Waals surface area contributed by atoms with Crippen molar-refractivity contribution in [2.24, 2.45) is 0 Å². The largest absolute Gasteiger partial charge is 0.481 e. The molecule has 84 valence electrons. The Morgan fingerprint density at radius 2 is 1.94 bits per heavy atom. The van der Waals surface area contributed by atoms with Crippen LogP contribution in [0.1, 0.15) is 12.0 Å². The molecule has 0 aliphatic heterocycles. The van der Waals surface area contributed by atoms with Crippen LogP contribution < -0.4 is 0 Å². The highest BCUT2D eigenvalue weighted by Gasteiger charge is 2.03. The lowest BCUT2D eigenvalue weighted by atomic mass is 10.2. The van der Waals surface area contributed by atoms with Crippen molar-refractivity contribution in [3.63, 3.8) is 0 Å². The molecule has 1 rings (SSSR count). The Bertz CT molecular complexity index is 379. The first-order valence-electron chi connectivity index (χ1n) is 4.98. The number of benzene rings is 1. The lowest BCUT2D eigenvalue weighted by Crippen LogP contribution is -2.09. The van der Waals surface area contributed by atoms with Gasteiger partial charge in [0.05, 0.1) is 12.5 Å². The molecule has 2 N–H and O–H groups in total. The molecule has 0 aliphatic rings. The second kappa shape index (κ2) is 6.58. The SMILES string of the molecule is O=C(O)CC(O)/C=C/C=C/c1ccccc1. The van der Waals surface area contributed by atoms with Gasteiger partial charge in [0.1, 0.15) is 0 Å². The van der Waals surface area contributed by atoms with Gasteiger partial charge < -0.3 is 10.2 Å². The van der Waals surface area contributed by atoms with Crippen LogP contribution in [0.4, 0.5) is 0 Å². The first-order valence-corrected chi connectivity index (χ1v) is 4.98. The Morgan fingerprint density at radius 1 is 1.25 bits per heavy atom. The van der Waals surface area contributed by atoms with Crippen molar-refractivity contribution in [3.05, 3.63) is 54.1 Å². The fourth-order valence-corrected chi connectivity index (χ4v) is 1.17. The monoisotopic (exact) mass is 218 g/mol. The molecule has 3 nitrogen and oxygen atoms in total. The minimum atomic E-state index is -1.01. The topological polar surface area (TPSA) is 57.5 Å². The average Bonchev–Trinajstić information content (AvgIpc) is 2.25. The first kappa shape index (κ1) is 12.2. The highest BCUT2D eigenvalue weighted by atomic mass is 16.4. The first-order chi connectivity index (χ1) is 7.68. The molecule has 1 aromatic carbocycles. The zero-order chi connectivity index (χ0) is 11.8. The van der Waals surface area contributed by atoms with Crippen LogP contribution in [0.3, 0.4) is 0 Å². The smallest absolute Gasteiger partial charge is 0.306 e. The molecule has 0 aromatic heterocycles. The summed E-state index contributed by atoms with van der Waals surface area (Å²) in [5.41, 5.74) is 1.06. The van der Waals surface area contributed by atoms with Crippen molar-refractivity contribution in [1.82, 2.24) is 0 Å². The third-order valence-electron chi connectivity index (χ3n) is 1.92. The summed E-state index contributed by atoms with van der Waals surface area (Å²) in [6.07, 6.45) is 5.53. The number of aliphatic hydroxyl groups excluding tert-OH is 1. The molecule has 0 bridgehead atoms. The third kappa shape index (κ3) is 5.12. The lowest BCUT2D eigenvalue weighted by Gasteiger charge is -1.98. The van der Waals surface area contributed by atoms with Gasteiger partial charge in [-0.3, -0.25) is 4.79 Å². The van der Waals surface area contributed by atoms with E-state index in [1.54, 1.807) is 12.2 Å². The lowest BCUT2D eigenvalue weighted by molar-refractivity contribution is -0.138. The van der Waals surface area contributed by atoms with Gasteiger partial charge in [-0.25, -0.2) is 0 Å². The number of hydrogen-bond acceptors (Lipinski definition) is 2. The van der Waals surface area contributed by atoms with Crippen LogP contribution in [-0.2, 0) is 4.79 Å². The zero-order valence-corrected chi connectivity index (χ0v) is 8.78. The van der Waals surface area contributed by atoms with Gasteiger partial charge in [-0.2, -0.15) is 0 Å². The Hall–Kier alpha value is -1.87. The van der Waals surface area contributed by atoms with Gasteiger partial charge in [0.15, 0.2) is 0 Å². The van der Waals surface area contributed by atoms with Gasteiger partial charge in [-0.05, 0) is 5.56 Å². The molecule has 0 heterocycles. The van der Waals surface area contributed by atoms with E-state index in [4.69, 9.17) is 5.11 Å². The summed E-state index contributed by atoms with van der Waals surface area (Å²) < 4.78 is 0. The second-order valence-corrected chi connectivity index (χ2v) is 3.32. The Balaban J connectivity index is 2.42. The Morgan fingerprint density at radius 3 is 2.56 bits per heavy atom. The molecule has 3 heteroatoms. The van der Waals surface area contributed by atoms with E-state index in [9.17, 15) is 9.90 Å². The molecule has 0 aliphatic carbocycles. The van der Waals surface area contributed by atoms with E-state index in [2.05, 4.69) is 0 Å². The van der Waals surface area contributed by atoms with Gasteiger partial charge in [-0.1, -0.05) is 54.6 Å². The molecule has 0 saturated heterocycles. The van der Waals surface area contributed by atoms with Crippen molar-refractivity contribution in [1.29, 1.82) is 0 Å². The van der Waals surface area contributed by atoms with Gasteiger partial charge in [0.25, 0.3) is 0 Å². The van der Waals surface area contributed by atoms with Crippen molar-refractivity contribution in [3.8, 4) is 0 Å². The third-order valence-corrected chi connectivity index (χ3v) is 1.92. The summed E-state index contributed by atoms with van der Waals surface area (Å²) in [6, 6.07) is 9.71. The molecule has 1 aromatic rings. The van der Waals surface area contributed by atoms with E-state index in [0.717, 1.165) is 5.56 Å². The number of carbonyl (C=O) groups is 1. The molecule has 0 radical (unpaired) electrons. The zero-order valence-electron chi connectivity index (χ0n) is 8.78. The number of carboxylic acid groups (broad SMARTS) is 1. The summed E-state index contributed by atoms with van der Waals surface area (Å²) in [7, 11) is 0. The number of aliphatic hydroxyl groups is 1. The molecule has 0 spiro atoms. The van der Waals surface area contributed by atoms with Crippen molar-refractivity contribution in [2.75, 3.05) is 0 Å². The number of allylic oxidation sites excluding steroid dienone is 2. The van der Waals surface area contributed by atoms with E-state index >= 15 is 0 Å². The Labute approximate surface area is 94.4 Å². The highest BCUT2D eigenvalue weighted by molar-refractivity contribution is 5.67. The highest BCUT2D eigenvalue weighted by Crippen LogP contribution is 2.01. The van der Waals surface area contributed by atoms with Crippen LogP contribution in [0.2, 0.25) is 0 Å². The summed E-state index contributed by atoms with van der Waals surface area (Å²) in [4.78, 5) is 10.3. The van der Waals surface area contributed by atoms with E-state index in [0.29, 0.717) is 0 Å². The minimum Gasteiger partial charge on any atom is -0.481 e. The molecule has 16 heavy (non-hydrogen) atoms. The van der Waals surface area contributed by atoms with E-state index in [1.807, 2.05) is 36.4 Å². The molecule has 0 saturated carbocycles. The van der Waals surface area contributed by atoms with Gasteiger partial charge in [-0.15, -0.1) is 0 Å². The van der Waals surface area contributed by atoms with Crippen molar-refractivity contribution >= 4 is 12.0 Å². The van der Waals surface area contributed by atoms with Crippen LogP contribution in [0, 0.1) is 0 Å². The fraction of sp³-hybridized carbons (Fsp3) is 0.154. The number of aliphatic carboxylic acids is 1. The van der Waals surface area contributed by atoms with Crippen molar-refractivity contribution < 1.29 is 15.0 Å². The number of carboxylic acids is 1. The van der Waals surface area contributed by atoms with E-state index in [1.165, 1.54) is 6.08 Å². The van der Waals surface area contributed by atoms with Gasteiger partial charge in [0, 0.05) is 0 Å². The van der Waals surface area contributed by atoms with E-state index in [-0.39, 0.29) is 6.42 Å². The molecular weight excluding hydrogens is 204 g/mol. The summed E-state index contributed by atoms with van der Waals surface area (Å²) in [5, 5.41) is 17.6. The Kier molecular flexibility index (Phi) is 5.02. The quantitative estimate of drug-likeness (QED) is 0.744. The summed E-state index contributed by atoms with van der Waals surface area (Å²) in [6.45, 7) is 0. The maximum Gasteiger partial charge on any atom is 0.306 e. The van der Waals surface area contributed by atoms with E-state index < -0.39 is 12.1 Å². The maximum atomic E-state index is 10.3. The summed E-state index contributed by atoms with van der Waals surface area (Å²) in [5.74, 6) is -1.01. The molecule has 1 atom stereocenters. The predicted molar refractivity (Wildman–Crippen MR) is 62.9 cm³/mol. The number of hydrogen-bond donors (Lipinski definition) is 2. The van der Waals surface area contributed by atoms with Crippen LogP contribution in [0.15, 0.2) is 48.6 Å². The average molecular weight is 218 g/mol. The second-order valence-electron chi connectivity index (χ2n) is 3.32. The number of rotatable bonds is 5. The predicted octanol–water partition coefficient (Wildman–Crippen LogP) is 2.09. The standard InChI is InChI=1S/C13H14O3/c14-12(10-13(15)16)9-5-4-8-11-6-2-1-3-7-11/h1-9,12,14H,10H2,(H,15,16)/b8-4+,9-5+. The fourth-order valence-electron chi connectivity index (χ4n) is 1.17. The van der Waals surface area contributed by atoms with Gasteiger partial charge in [0.2, 0.25) is 0 Å². The normalized spacial score (nSPS) is 13.3. The summed E-state index contributed by atoms with van der Waals surface area (Å²) >= 11 is 0. The van der Waals surface area contributed by atoms with Gasteiger partial charge >= 0.3 is 5.97 Å². The molecule has 0 amide bonds. The van der Waals surface area contributed by atoms with Crippen molar-refractivity contribution in [2.45, 2.75) is 12.5 Å². The molecule has 0 fully saturated rings. The van der Waals surface area contributed by atoms with Crippen LogP contribution >= 0.6 is 0 Å². The van der Waals surface area contributed by atoms with Crippen LogP contribution in [0.25, 0.3) is 6.08 Å². The van der Waals surface area contributed by atoms with Crippen LogP contribution in [-0.4, -0.2) is 22.3 Å². The van der Waals surface area contributed by atoms with Crippen LogP contribution in [0.5, 0.6) is 0 Å². The molecular formula is C13H14O3.